The molecule has 0 fully saturated rings. The van der Waals surface area contributed by atoms with Gasteiger partial charge in [0.1, 0.15) is 5.60 Å². The van der Waals surface area contributed by atoms with Gasteiger partial charge in [-0.05, 0) is 24.6 Å². The molecule has 14 heavy (non-hydrogen) atoms. The predicted molar refractivity (Wildman–Crippen MR) is 54.3 cm³/mol. The minimum atomic E-state index is -0.468. The van der Waals surface area contributed by atoms with Gasteiger partial charge in [0.05, 0.1) is 0 Å². The average molecular weight is 188 g/mol. The fraction of sp³-hybridized carbons (Fsp3) is 0.250. The third-order valence-corrected chi connectivity index (χ3v) is 2.70. The van der Waals surface area contributed by atoms with Crippen molar-refractivity contribution in [3.63, 3.8) is 0 Å². The molecule has 1 unspecified atom stereocenters. The summed E-state index contributed by atoms with van der Waals surface area (Å²) in [6.45, 7) is 1.95. The van der Waals surface area contributed by atoms with E-state index in [2.05, 4.69) is 0 Å². The van der Waals surface area contributed by atoms with E-state index in [0.29, 0.717) is 0 Å². The number of fused-ring (bicyclic) bond motifs is 1. The minimum Gasteiger partial charge on any atom is -0.370 e. The smallest absolute Gasteiger partial charge is 0.186 e. The molecular formula is C12H12O2. The Kier molecular flexibility index (Phi) is 2.01. The SMILES string of the molecule is COC1(C)C=CC(=O)c2ccccc21. The normalized spacial score (nSPS) is 24.9. The zero-order valence-electron chi connectivity index (χ0n) is 8.28. The molecule has 1 aliphatic rings. The fourth-order valence-corrected chi connectivity index (χ4v) is 1.72. The number of allylic oxidation sites excluding steroid dienone is 1. The number of hydrogen-bond acceptors (Lipinski definition) is 2. The van der Waals surface area contributed by atoms with Gasteiger partial charge in [0, 0.05) is 12.7 Å². The first-order valence-corrected chi connectivity index (χ1v) is 4.55. The van der Waals surface area contributed by atoms with Gasteiger partial charge in [0.25, 0.3) is 0 Å². The van der Waals surface area contributed by atoms with Crippen molar-refractivity contribution in [1.82, 2.24) is 0 Å². The molecule has 0 saturated heterocycles. The van der Waals surface area contributed by atoms with Crippen molar-refractivity contribution in [2.24, 2.45) is 0 Å². The molecule has 1 aliphatic carbocycles. The molecule has 2 heteroatoms. The summed E-state index contributed by atoms with van der Waals surface area (Å²) in [6, 6.07) is 7.55. The van der Waals surface area contributed by atoms with E-state index in [1.165, 1.54) is 0 Å². The molecule has 1 aromatic rings. The van der Waals surface area contributed by atoms with Crippen LogP contribution in [0.1, 0.15) is 22.8 Å². The Morgan fingerprint density at radius 3 is 2.71 bits per heavy atom. The van der Waals surface area contributed by atoms with Crippen LogP contribution in [0.4, 0.5) is 0 Å². The maximum Gasteiger partial charge on any atom is 0.186 e. The molecule has 0 spiro atoms. The summed E-state index contributed by atoms with van der Waals surface area (Å²) < 4.78 is 5.41. The van der Waals surface area contributed by atoms with Crippen LogP contribution in [0.3, 0.4) is 0 Å². The Morgan fingerprint density at radius 2 is 2.00 bits per heavy atom. The van der Waals surface area contributed by atoms with E-state index < -0.39 is 5.60 Å². The van der Waals surface area contributed by atoms with Crippen molar-refractivity contribution in [1.29, 1.82) is 0 Å². The van der Waals surface area contributed by atoms with Crippen molar-refractivity contribution in [3.8, 4) is 0 Å². The highest BCUT2D eigenvalue weighted by Crippen LogP contribution is 2.32. The van der Waals surface area contributed by atoms with Crippen LogP contribution in [0.25, 0.3) is 0 Å². The molecule has 2 nitrogen and oxygen atoms in total. The molecule has 0 heterocycles. The van der Waals surface area contributed by atoms with Crippen LogP contribution in [0.5, 0.6) is 0 Å². The summed E-state index contributed by atoms with van der Waals surface area (Å²) in [4.78, 5) is 11.5. The van der Waals surface area contributed by atoms with Gasteiger partial charge in [-0.3, -0.25) is 4.79 Å². The standard InChI is InChI=1S/C12H12O2/c1-12(14-2)8-7-11(13)9-5-3-4-6-10(9)12/h3-8H,1-2H3. The molecule has 0 amide bonds. The van der Waals surface area contributed by atoms with Crippen molar-refractivity contribution in [2.45, 2.75) is 12.5 Å². The first-order chi connectivity index (χ1) is 6.67. The highest BCUT2D eigenvalue weighted by atomic mass is 16.5. The Labute approximate surface area is 83.2 Å². The van der Waals surface area contributed by atoms with Crippen LogP contribution in [-0.4, -0.2) is 12.9 Å². The number of ether oxygens (including phenoxy) is 1. The highest BCUT2D eigenvalue weighted by molar-refractivity contribution is 6.07. The Morgan fingerprint density at radius 1 is 1.29 bits per heavy atom. The van der Waals surface area contributed by atoms with E-state index in [-0.39, 0.29) is 5.78 Å². The third kappa shape index (κ3) is 1.19. The molecule has 2 rings (SSSR count). The van der Waals surface area contributed by atoms with E-state index in [4.69, 9.17) is 4.74 Å². The highest BCUT2D eigenvalue weighted by Gasteiger charge is 2.30. The van der Waals surface area contributed by atoms with Gasteiger partial charge in [0.15, 0.2) is 5.78 Å². The van der Waals surface area contributed by atoms with Gasteiger partial charge < -0.3 is 4.74 Å². The van der Waals surface area contributed by atoms with E-state index in [1.54, 1.807) is 19.3 Å². The predicted octanol–water partition coefficient (Wildman–Crippen LogP) is 2.30. The molecule has 0 bridgehead atoms. The second kappa shape index (κ2) is 3.07. The first-order valence-electron chi connectivity index (χ1n) is 4.55. The summed E-state index contributed by atoms with van der Waals surface area (Å²) >= 11 is 0. The Bertz CT molecular complexity index is 407. The number of ketones is 1. The number of benzene rings is 1. The Hall–Kier alpha value is -1.41. The topological polar surface area (TPSA) is 26.3 Å². The van der Waals surface area contributed by atoms with Gasteiger partial charge in [-0.2, -0.15) is 0 Å². The van der Waals surface area contributed by atoms with Crippen molar-refractivity contribution < 1.29 is 9.53 Å². The van der Waals surface area contributed by atoms with Crippen molar-refractivity contribution >= 4 is 5.78 Å². The summed E-state index contributed by atoms with van der Waals surface area (Å²) in [6.07, 6.45) is 3.38. The number of hydrogen-bond donors (Lipinski definition) is 0. The second-order valence-corrected chi connectivity index (χ2v) is 3.55. The quantitative estimate of drug-likeness (QED) is 0.676. The molecule has 0 aliphatic heterocycles. The first kappa shape index (κ1) is 9.16. The Balaban J connectivity index is 2.64. The van der Waals surface area contributed by atoms with E-state index in [1.807, 2.05) is 31.2 Å². The molecule has 0 N–H and O–H groups in total. The lowest BCUT2D eigenvalue weighted by Crippen LogP contribution is -2.27. The number of carbonyl (C=O) groups is 1. The van der Waals surface area contributed by atoms with E-state index in [9.17, 15) is 4.79 Å². The van der Waals surface area contributed by atoms with Gasteiger partial charge in [-0.1, -0.05) is 24.3 Å². The monoisotopic (exact) mass is 188 g/mol. The van der Waals surface area contributed by atoms with Crippen molar-refractivity contribution in [2.75, 3.05) is 7.11 Å². The zero-order valence-corrected chi connectivity index (χ0v) is 8.28. The summed E-state index contributed by atoms with van der Waals surface area (Å²) in [5.74, 6) is 0.0510. The number of rotatable bonds is 1. The fourth-order valence-electron chi connectivity index (χ4n) is 1.72. The molecular weight excluding hydrogens is 176 g/mol. The van der Waals surface area contributed by atoms with Crippen molar-refractivity contribution in [3.05, 3.63) is 47.5 Å². The maximum absolute atomic E-state index is 11.5. The van der Waals surface area contributed by atoms with E-state index in [0.717, 1.165) is 11.1 Å². The van der Waals surface area contributed by atoms with Gasteiger partial charge in [0.2, 0.25) is 0 Å². The summed E-state index contributed by atoms with van der Waals surface area (Å²) in [5.41, 5.74) is 1.21. The average Bonchev–Trinajstić information content (AvgIpc) is 2.24. The maximum atomic E-state index is 11.5. The van der Waals surface area contributed by atoms with Crippen LogP contribution in [0.2, 0.25) is 0 Å². The lowest BCUT2D eigenvalue weighted by atomic mass is 9.85. The number of methoxy groups -OCH3 is 1. The van der Waals surface area contributed by atoms with Gasteiger partial charge in [-0.25, -0.2) is 0 Å². The van der Waals surface area contributed by atoms with Gasteiger partial charge in [-0.15, -0.1) is 0 Å². The van der Waals surface area contributed by atoms with Crippen LogP contribution in [0, 0.1) is 0 Å². The molecule has 0 radical (unpaired) electrons. The van der Waals surface area contributed by atoms with Crippen LogP contribution < -0.4 is 0 Å². The molecule has 72 valence electrons. The van der Waals surface area contributed by atoms with E-state index >= 15 is 0 Å². The molecule has 0 saturated carbocycles. The summed E-state index contributed by atoms with van der Waals surface area (Å²) in [5, 5.41) is 0. The second-order valence-electron chi connectivity index (χ2n) is 3.55. The lowest BCUT2D eigenvalue weighted by molar-refractivity contribution is 0.0432. The number of carbonyl (C=O) groups excluding carboxylic acids is 1. The third-order valence-electron chi connectivity index (χ3n) is 2.70. The molecule has 1 aromatic carbocycles. The molecule has 1 atom stereocenters. The minimum absolute atomic E-state index is 0.0510. The molecule has 0 aromatic heterocycles. The van der Waals surface area contributed by atoms with Crippen LogP contribution in [-0.2, 0) is 10.3 Å². The zero-order chi connectivity index (χ0) is 10.2. The van der Waals surface area contributed by atoms with Crippen LogP contribution >= 0.6 is 0 Å². The largest absolute Gasteiger partial charge is 0.370 e. The summed E-state index contributed by atoms with van der Waals surface area (Å²) in [7, 11) is 1.65. The lowest BCUT2D eigenvalue weighted by Gasteiger charge is -2.29. The van der Waals surface area contributed by atoms with Gasteiger partial charge >= 0.3 is 0 Å². The van der Waals surface area contributed by atoms with Crippen LogP contribution in [0.15, 0.2) is 36.4 Å².